The van der Waals surface area contributed by atoms with Gasteiger partial charge in [-0.05, 0) is 32.8 Å². The second-order valence-corrected chi connectivity index (χ2v) is 5.49. The van der Waals surface area contributed by atoms with Gasteiger partial charge in [-0.2, -0.15) is 10.2 Å². The fourth-order valence-electron chi connectivity index (χ4n) is 2.00. The summed E-state index contributed by atoms with van der Waals surface area (Å²) >= 11 is 6.11. The van der Waals surface area contributed by atoms with Crippen molar-refractivity contribution in [3.63, 3.8) is 0 Å². The Balaban J connectivity index is 1.73. The topological polar surface area (TPSA) is 64.7 Å². The molecule has 0 aromatic carbocycles. The molecule has 1 aliphatic carbocycles. The highest BCUT2D eigenvalue weighted by Gasteiger charge is 2.24. The summed E-state index contributed by atoms with van der Waals surface area (Å²) in [5.41, 5.74) is 2.12. The van der Waals surface area contributed by atoms with Crippen LogP contribution in [0.15, 0.2) is 12.3 Å². The molecule has 2 aromatic rings. The van der Waals surface area contributed by atoms with Gasteiger partial charge in [-0.1, -0.05) is 11.6 Å². The molecule has 0 aliphatic heterocycles. The van der Waals surface area contributed by atoms with E-state index in [1.165, 1.54) is 0 Å². The number of nitrogens with one attached hydrogen (secondary N) is 1. The third-order valence-corrected chi connectivity index (χ3v) is 3.90. The van der Waals surface area contributed by atoms with Crippen LogP contribution in [-0.2, 0) is 6.67 Å². The molecule has 20 heavy (non-hydrogen) atoms. The first-order chi connectivity index (χ1) is 9.54. The Morgan fingerprint density at radius 3 is 2.80 bits per heavy atom. The highest BCUT2D eigenvalue weighted by molar-refractivity contribution is 6.31. The van der Waals surface area contributed by atoms with E-state index in [1.54, 1.807) is 21.6 Å². The maximum atomic E-state index is 11.9. The zero-order chi connectivity index (χ0) is 14.3. The molecule has 3 rings (SSSR count). The molecule has 0 bridgehead atoms. The second kappa shape index (κ2) is 4.94. The SMILES string of the molecule is Cc1nn(Cn2ccc(C(=O)NC3CC3)n2)c(C)c1Cl. The zero-order valence-corrected chi connectivity index (χ0v) is 12.2. The number of hydrogen-bond acceptors (Lipinski definition) is 3. The number of amides is 1. The second-order valence-electron chi connectivity index (χ2n) is 5.11. The van der Waals surface area contributed by atoms with Gasteiger partial charge in [0.2, 0.25) is 0 Å². The maximum Gasteiger partial charge on any atom is 0.271 e. The van der Waals surface area contributed by atoms with Crippen molar-refractivity contribution >= 4 is 17.5 Å². The molecule has 0 saturated heterocycles. The van der Waals surface area contributed by atoms with Crippen molar-refractivity contribution in [3.8, 4) is 0 Å². The van der Waals surface area contributed by atoms with Crippen molar-refractivity contribution in [2.24, 2.45) is 0 Å². The normalized spacial score (nSPS) is 14.6. The van der Waals surface area contributed by atoms with E-state index in [1.807, 2.05) is 13.8 Å². The Labute approximate surface area is 121 Å². The van der Waals surface area contributed by atoms with E-state index in [0.717, 1.165) is 24.2 Å². The Hall–Kier alpha value is -1.82. The van der Waals surface area contributed by atoms with Gasteiger partial charge in [-0.25, -0.2) is 4.68 Å². The molecule has 1 amide bonds. The quantitative estimate of drug-likeness (QED) is 0.934. The molecule has 0 radical (unpaired) electrons. The zero-order valence-electron chi connectivity index (χ0n) is 11.4. The summed E-state index contributed by atoms with van der Waals surface area (Å²) in [5.74, 6) is -0.113. The van der Waals surface area contributed by atoms with Crippen molar-refractivity contribution in [2.45, 2.75) is 39.4 Å². The van der Waals surface area contributed by atoms with Crippen LogP contribution in [0.1, 0.15) is 34.7 Å². The molecule has 2 heterocycles. The van der Waals surface area contributed by atoms with E-state index < -0.39 is 0 Å². The van der Waals surface area contributed by atoms with Crippen molar-refractivity contribution in [2.75, 3.05) is 0 Å². The fraction of sp³-hybridized carbons (Fsp3) is 0.462. The minimum atomic E-state index is -0.113. The third-order valence-electron chi connectivity index (χ3n) is 3.36. The monoisotopic (exact) mass is 293 g/mol. The Morgan fingerprint density at radius 1 is 1.45 bits per heavy atom. The Morgan fingerprint density at radius 2 is 2.20 bits per heavy atom. The number of halogens is 1. The van der Waals surface area contributed by atoms with Crippen LogP contribution in [0.3, 0.4) is 0 Å². The minimum Gasteiger partial charge on any atom is -0.348 e. The van der Waals surface area contributed by atoms with Crippen LogP contribution in [0.2, 0.25) is 5.02 Å². The van der Waals surface area contributed by atoms with Crippen LogP contribution >= 0.6 is 11.6 Å². The first kappa shape index (κ1) is 13.2. The molecular weight excluding hydrogens is 278 g/mol. The lowest BCUT2D eigenvalue weighted by atomic mass is 10.4. The molecule has 1 N–H and O–H groups in total. The van der Waals surface area contributed by atoms with Crippen molar-refractivity contribution in [3.05, 3.63) is 34.4 Å². The summed E-state index contributed by atoms with van der Waals surface area (Å²) in [7, 11) is 0. The van der Waals surface area contributed by atoms with Crippen LogP contribution in [0.25, 0.3) is 0 Å². The average molecular weight is 294 g/mol. The molecule has 1 aliphatic rings. The molecule has 0 spiro atoms. The summed E-state index contributed by atoms with van der Waals surface area (Å²) in [4.78, 5) is 11.9. The number of carbonyl (C=O) groups excluding carboxylic acids is 1. The lowest BCUT2D eigenvalue weighted by Gasteiger charge is -2.04. The molecule has 1 fully saturated rings. The van der Waals surface area contributed by atoms with Gasteiger partial charge in [0, 0.05) is 12.2 Å². The van der Waals surface area contributed by atoms with Crippen molar-refractivity contribution in [1.82, 2.24) is 24.9 Å². The van der Waals surface area contributed by atoms with Gasteiger partial charge in [0.1, 0.15) is 12.4 Å². The molecule has 6 nitrogen and oxygen atoms in total. The summed E-state index contributed by atoms with van der Waals surface area (Å²) in [6.45, 7) is 4.21. The molecular formula is C13H16ClN5O. The largest absolute Gasteiger partial charge is 0.348 e. The average Bonchev–Trinajstić information content (AvgIpc) is 3.05. The van der Waals surface area contributed by atoms with E-state index >= 15 is 0 Å². The van der Waals surface area contributed by atoms with E-state index in [0.29, 0.717) is 23.4 Å². The number of hydrogen-bond donors (Lipinski definition) is 1. The van der Waals surface area contributed by atoms with E-state index in [-0.39, 0.29) is 5.91 Å². The van der Waals surface area contributed by atoms with Gasteiger partial charge in [-0.3, -0.25) is 9.48 Å². The molecule has 106 valence electrons. The number of carbonyl (C=O) groups is 1. The van der Waals surface area contributed by atoms with Crippen molar-refractivity contribution < 1.29 is 4.79 Å². The molecule has 1 saturated carbocycles. The maximum absolute atomic E-state index is 11.9. The van der Waals surface area contributed by atoms with Crippen LogP contribution in [-0.4, -0.2) is 31.5 Å². The summed E-state index contributed by atoms with van der Waals surface area (Å²) in [5, 5.41) is 12.2. The van der Waals surface area contributed by atoms with Crippen LogP contribution in [0, 0.1) is 13.8 Å². The van der Waals surface area contributed by atoms with Gasteiger partial charge in [0.15, 0.2) is 0 Å². The van der Waals surface area contributed by atoms with E-state index in [2.05, 4.69) is 15.5 Å². The number of aromatic nitrogens is 4. The van der Waals surface area contributed by atoms with E-state index in [9.17, 15) is 4.79 Å². The molecule has 2 aromatic heterocycles. The number of rotatable bonds is 4. The van der Waals surface area contributed by atoms with Gasteiger partial charge < -0.3 is 5.32 Å². The van der Waals surface area contributed by atoms with Gasteiger partial charge in [0.25, 0.3) is 5.91 Å². The van der Waals surface area contributed by atoms with Gasteiger partial charge >= 0.3 is 0 Å². The summed E-state index contributed by atoms with van der Waals surface area (Å²) in [6, 6.07) is 2.05. The first-order valence-electron chi connectivity index (χ1n) is 6.58. The Kier molecular flexibility index (Phi) is 3.25. The van der Waals surface area contributed by atoms with E-state index in [4.69, 9.17) is 11.6 Å². The molecule has 7 heteroatoms. The lowest BCUT2D eigenvalue weighted by Crippen LogP contribution is -2.26. The predicted molar refractivity (Wildman–Crippen MR) is 74.8 cm³/mol. The predicted octanol–water partition coefficient (Wildman–Crippen LogP) is 1.75. The summed E-state index contributed by atoms with van der Waals surface area (Å²) < 4.78 is 3.45. The number of nitrogens with zero attached hydrogens (tertiary/aromatic N) is 4. The van der Waals surface area contributed by atoms with Crippen LogP contribution < -0.4 is 5.32 Å². The molecule has 0 atom stereocenters. The first-order valence-corrected chi connectivity index (χ1v) is 6.96. The van der Waals surface area contributed by atoms with Crippen LogP contribution in [0.5, 0.6) is 0 Å². The standard InChI is InChI=1S/C13H16ClN5O/c1-8-12(14)9(2)19(16-8)7-18-6-5-11(17-18)13(20)15-10-3-4-10/h5-6,10H,3-4,7H2,1-2H3,(H,15,20). The fourth-order valence-corrected chi connectivity index (χ4v) is 2.13. The third kappa shape index (κ3) is 2.56. The number of aryl methyl sites for hydroxylation is 1. The summed E-state index contributed by atoms with van der Waals surface area (Å²) in [6.07, 6.45) is 3.90. The highest BCUT2D eigenvalue weighted by atomic mass is 35.5. The molecule has 0 unspecified atom stereocenters. The van der Waals surface area contributed by atoms with Gasteiger partial charge in [0.05, 0.1) is 16.4 Å². The Bertz CT molecular complexity index is 656. The smallest absolute Gasteiger partial charge is 0.271 e. The minimum absolute atomic E-state index is 0.113. The lowest BCUT2D eigenvalue weighted by molar-refractivity contribution is 0.0945. The van der Waals surface area contributed by atoms with Gasteiger partial charge in [-0.15, -0.1) is 0 Å². The highest BCUT2D eigenvalue weighted by Crippen LogP contribution is 2.20. The van der Waals surface area contributed by atoms with Crippen molar-refractivity contribution in [1.29, 1.82) is 0 Å². The van der Waals surface area contributed by atoms with Crippen LogP contribution in [0.4, 0.5) is 0 Å².